The van der Waals surface area contributed by atoms with Gasteiger partial charge in [-0.1, -0.05) is 42.5 Å². The minimum Gasteiger partial charge on any atom is -0.452 e. The van der Waals surface area contributed by atoms with Crippen molar-refractivity contribution in [3.05, 3.63) is 59.9 Å². The molecule has 3 saturated heterocycles. The first-order valence-electron chi connectivity index (χ1n) is 12.0. The first-order valence-corrected chi connectivity index (χ1v) is 12.0. The number of benzene rings is 2. The Bertz CT molecular complexity index is 1180. The van der Waals surface area contributed by atoms with Crippen molar-refractivity contribution in [2.75, 3.05) is 19.6 Å². The van der Waals surface area contributed by atoms with Gasteiger partial charge in [0, 0.05) is 36.3 Å². The van der Waals surface area contributed by atoms with E-state index >= 15 is 0 Å². The van der Waals surface area contributed by atoms with E-state index < -0.39 is 0 Å². The molecule has 1 aromatic heterocycles. The molecule has 2 bridgehead atoms. The number of carbonyl (C=O) groups is 2. The predicted octanol–water partition coefficient (Wildman–Crippen LogP) is 5.54. The summed E-state index contributed by atoms with van der Waals surface area (Å²) in [6, 6.07) is 16.1. The van der Waals surface area contributed by atoms with Crippen molar-refractivity contribution in [1.82, 2.24) is 4.90 Å². The molecule has 32 heavy (non-hydrogen) atoms. The summed E-state index contributed by atoms with van der Waals surface area (Å²) >= 11 is 0. The van der Waals surface area contributed by atoms with Crippen LogP contribution < -0.4 is 0 Å². The van der Waals surface area contributed by atoms with E-state index in [-0.39, 0.29) is 11.7 Å². The lowest BCUT2D eigenvalue weighted by Crippen LogP contribution is -2.47. The standard InChI is InChI=1S/C28H29NO3/c30-25(20-7-8-20)14-18-3-1-4-21(13-18)24-6-2-5-22-16-27(32-28(22)24)26(31)15-23-17-29-11-9-19(23)10-12-29/h1-6,13,16,19-20,23H,7-12,14-15,17H2/t23-/m0/s1. The Labute approximate surface area is 188 Å². The fourth-order valence-corrected chi connectivity index (χ4v) is 5.69. The van der Waals surface area contributed by atoms with Gasteiger partial charge in [0.1, 0.15) is 11.4 Å². The molecule has 1 aliphatic carbocycles. The van der Waals surface area contributed by atoms with Gasteiger partial charge in [0.05, 0.1) is 0 Å². The lowest BCUT2D eigenvalue weighted by molar-refractivity contribution is -0.119. The van der Waals surface area contributed by atoms with E-state index in [1.165, 1.54) is 25.9 Å². The summed E-state index contributed by atoms with van der Waals surface area (Å²) < 4.78 is 6.18. The molecule has 0 unspecified atom stereocenters. The zero-order valence-electron chi connectivity index (χ0n) is 18.4. The van der Waals surface area contributed by atoms with Crippen molar-refractivity contribution in [3.63, 3.8) is 0 Å². The molecule has 164 valence electrons. The first kappa shape index (κ1) is 19.9. The maximum Gasteiger partial charge on any atom is 0.198 e. The third kappa shape index (κ3) is 3.81. The van der Waals surface area contributed by atoms with Crippen LogP contribution in [0.15, 0.2) is 52.9 Å². The first-order chi connectivity index (χ1) is 15.6. The molecule has 4 heterocycles. The number of hydrogen-bond acceptors (Lipinski definition) is 4. The summed E-state index contributed by atoms with van der Waals surface area (Å²) in [6.45, 7) is 3.43. The fraction of sp³-hybridized carbons (Fsp3) is 0.429. The second-order valence-electron chi connectivity index (χ2n) is 9.98. The van der Waals surface area contributed by atoms with Crippen molar-refractivity contribution in [1.29, 1.82) is 0 Å². The van der Waals surface area contributed by atoms with Gasteiger partial charge in [-0.3, -0.25) is 9.59 Å². The third-order valence-corrected chi connectivity index (χ3v) is 7.71. The lowest BCUT2D eigenvalue weighted by atomic mass is 9.76. The fourth-order valence-electron chi connectivity index (χ4n) is 5.69. The van der Waals surface area contributed by atoms with Gasteiger partial charge in [-0.25, -0.2) is 0 Å². The quantitative estimate of drug-likeness (QED) is 0.465. The summed E-state index contributed by atoms with van der Waals surface area (Å²) in [4.78, 5) is 27.9. The topological polar surface area (TPSA) is 50.5 Å². The van der Waals surface area contributed by atoms with E-state index in [1.54, 1.807) is 0 Å². The number of Topliss-reactive ketones (excluding diaryl/α,β-unsaturated/α-hetero) is 2. The monoisotopic (exact) mass is 427 g/mol. The highest BCUT2D eigenvalue weighted by Gasteiger charge is 2.35. The van der Waals surface area contributed by atoms with Crippen LogP contribution in [0.2, 0.25) is 0 Å². The van der Waals surface area contributed by atoms with Gasteiger partial charge >= 0.3 is 0 Å². The highest BCUT2D eigenvalue weighted by atomic mass is 16.3. The van der Waals surface area contributed by atoms with Crippen molar-refractivity contribution in [3.8, 4) is 11.1 Å². The number of ketones is 2. The Hall–Kier alpha value is -2.72. The lowest BCUT2D eigenvalue weighted by Gasteiger charge is -2.44. The highest BCUT2D eigenvalue weighted by Crippen LogP contribution is 2.37. The summed E-state index contributed by atoms with van der Waals surface area (Å²) in [5.41, 5.74) is 3.81. The minimum atomic E-state index is 0.120. The Balaban J connectivity index is 1.26. The zero-order valence-corrected chi connectivity index (χ0v) is 18.4. The van der Waals surface area contributed by atoms with Crippen LogP contribution in [0.1, 0.15) is 48.2 Å². The average molecular weight is 428 g/mol. The molecule has 0 N–H and O–H groups in total. The molecule has 0 spiro atoms. The van der Waals surface area contributed by atoms with Crippen LogP contribution in [0.25, 0.3) is 22.1 Å². The summed E-state index contributed by atoms with van der Waals surface area (Å²) in [5, 5.41) is 0.958. The molecule has 1 atom stereocenters. The van der Waals surface area contributed by atoms with Crippen LogP contribution in [0.4, 0.5) is 0 Å². The number of carbonyl (C=O) groups excluding carboxylic acids is 2. The number of rotatable bonds is 7. The van der Waals surface area contributed by atoms with Crippen LogP contribution in [-0.4, -0.2) is 36.1 Å². The maximum absolute atomic E-state index is 13.1. The van der Waals surface area contributed by atoms with Crippen molar-refractivity contribution in [2.24, 2.45) is 17.8 Å². The Morgan fingerprint density at radius 2 is 1.78 bits per heavy atom. The molecular weight excluding hydrogens is 398 g/mol. The van der Waals surface area contributed by atoms with Gasteiger partial charge in [-0.15, -0.1) is 0 Å². The summed E-state index contributed by atoms with van der Waals surface area (Å²) in [5.74, 6) is 2.36. The van der Waals surface area contributed by atoms with Crippen molar-refractivity contribution >= 4 is 22.5 Å². The van der Waals surface area contributed by atoms with E-state index in [4.69, 9.17) is 4.42 Å². The van der Waals surface area contributed by atoms with Crippen molar-refractivity contribution in [2.45, 2.75) is 38.5 Å². The van der Waals surface area contributed by atoms with Crippen LogP contribution in [-0.2, 0) is 11.2 Å². The molecule has 3 aliphatic heterocycles. The molecule has 2 aromatic carbocycles. The molecular formula is C28H29NO3. The molecule has 4 fully saturated rings. The number of para-hydroxylation sites is 1. The van der Waals surface area contributed by atoms with E-state index in [1.807, 2.05) is 36.4 Å². The SMILES string of the molecule is O=C(C[C@H]1CN2CCC1CC2)c1cc2cccc(-c3cccc(CC(=O)C4CC4)c3)c2o1. The molecule has 4 nitrogen and oxygen atoms in total. The molecule has 4 aliphatic rings. The third-order valence-electron chi connectivity index (χ3n) is 7.71. The van der Waals surface area contributed by atoms with Gasteiger partial charge in [0.25, 0.3) is 0 Å². The molecule has 0 amide bonds. The molecule has 0 radical (unpaired) electrons. The Morgan fingerprint density at radius 1 is 0.969 bits per heavy atom. The number of hydrogen-bond donors (Lipinski definition) is 0. The van der Waals surface area contributed by atoms with Crippen LogP contribution >= 0.6 is 0 Å². The minimum absolute atomic E-state index is 0.120. The average Bonchev–Trinajstić information content (AvgIpc) is 3.58. The number of fused-ring (bicyclic) bond motifs is 4. The zero-order chi connectivity index (χ0) is 21.7. The molecule has 1 saturated carbocycles. The normalized spacial score (nSPS) is 24.7. The van der Waals surface area contributed by atoms with E-state index in [0.29, 0.717) is 36.2 Å². The second-order valence-corrected chi connectivity index (χ2v) is 9.98. The van der Waals surface area contributed by atoms with E-state index in [9.17, 15) is 9.59 Å². The van der Waals surface area contributed by atoms with Crippen molar-refractivity contribution < 1.29 is 14.0 Å². The van der Waals surface area contributed by atoms with Gasteiger partial charge in [0.15, 0.2) is 11.5 Å². The molecule has 3 aromatic rings. The highest BCUT2D eigenvalue weighted by molar-refractivity contribution is 6.01. The summed E-state index contributed by atoms with van der Waals surface area (Å²) in [6.07, 6.45) is 5.61. The largest absolute Gasteiger partial charge is 0.452 e. The maximum atomic E-state index is 13.1. The van der Waals surface area contributed by atoms with Gasteiger partial charge in [0.2, 0.25) is 0 Å². The number of piperidine rings is 3. The van der Waals surface area contributed by atoms with Crippen LogP contribution in [0, 0.1) is 17.8 Å². The Morgan fingerprint density at radius 3 is 2.53 bits per heavy atom. The van der Waals surface area contributed by atoms with E-state index in [0.717, 1.165) is 47.0 Å². The molecule has 7 rings (SSSR count). The van der Waals surface area contributed by atoms with E-state index in [2.05, 4.69) is 17.0 Å². The summed E-state index contributed by atoms with van der Waals surface area (Å²) in [7, 11) is 0. The van der Waals surface area contributed by atoms with Crippen LogP contribution in [0.3, 0.4) is 0 Å². The van der Waals surface area contributed by atoms with Gasteiger partial charge in [-0.2, -0.15) is 0 Å². The van der Waals surface area contributed by atoms with Crippen LogP contribution in [0.5, 0.6) is 0 Å². The van der Waals surface area contributed by atoms with Gasteiger partial charge < -0.3 is 9.32 Å². The smallest absolute Gasteiger partial charge is 0.198 e. The Kier molecular flexibility index (Phi) is 4.98. The number of nitrogens with zero attached hydrogens (tertiary/aromatic N) is 1. The molecule has 4 heteroatoms. The number of furan rings is 1. The second kappa shape index (κ2) is 8.00. The van der Waals surface area contributed by atoms with Gasteiger partial charge in [-0.05, 0) is 67.8 Å². The predicted molar refractivity (Wildman–Crippen MR) is 125 cm³/mol.